The van der Waals surface area contributed by atoms with Gasteiger partial charge in [-0.05, 0) is 85.9 Å². The third kappa shape index (κ3) is 11.4. The number of thioether (sulfide) groups is 2. The van der Waals surface area contributed by atoms with Crippen LogP contribution in [0.15, 0.2) is 78.3 Å². The van der Waals surface area contributed by atoms with Crippen LogP contribution < -0.4 is 33.1 Å². The number of hydrogen-bond donors (Lipinski definition) is 4. The third-order valence-electron chi connectivity index (χ3n) is 8.11. The molecule has 4 N–H and O–H groups in total. The Kier molecular flexibility index (Phi) is 14.6. The molecular formula is C37H47N7O5S2. The molecule has 3 heterocycles. The van der Waals surface area contributed by atoms with E-state index in [0.717, 1.165) is 47.2 Å². The van der Waals surface area contributed by atoms with E-state index >= 15 is 0 Å². The molecule has 14 heteroatoms. The van der Waals surface area contributed by atoms with E-state index in [2.05, 4.69) is 60.4 Å². The summed E-state index contributed by atoms with van der Waals surface area (Å²) in [7, 11) is 0. The second kappa shape index (κ2) is 19.1. The van der Waals surface area contributed by atoms with E-state index in [0.29, 0.717) is 36.2 Å². The van der Waals surface area contributed by atoms with Crippen LogP contribution in [0.4, 0.5) is 23.0 Å². The molecule has 5 aromatic rings. The summed E-state index contributed by atoms with van der Waals surface area (Å²) in [5, 5.41) is 10.1. The predicted molar refractivity (Wildman–Crippen MR) is 211 cm³/mol. The Labute approximate surface area is 305 Å². The van der Waals surface area contributed by atoms with Crippen molar-refractivity contribution in [3.8, 4) is 0 Å². The summed E-state index contributed by atoms with van der Waals surface area (Å²) in [4.78, 5) is 54.4. The lowest BCUT2D eigenvalue weighted by Crippen LogP contribution is -2.35. The highest BCUT2D eigenvalue weighted by molar-refractivity contribution is 7.99. The average molecular weight is 734 g/mol. The molecule has 0 saturated carbocycles. The smallest absolute Gasteiger partial charge is 0.329 e. The minimum Gasteiger partial charge on any atom is -0.361 e. The Morgan fingerprint density at radius 2 is 1.18 bits per heavy atom. The lowest BCUT2D eigenvalue weighted by Gasteiger charge is -2.11. The maximum Gasteiger partial charge on any atom is 0.329 e. The first-order chi connectivity index (χ1) is 24.5. The second-order valence-corrected chi connectivity index (χ2v) is 14.4. The summed E-state index contributed by atoms with van der Waals surface area (Å²) in [5.74, 6) is 4.61. The number of anilines is 4. The molecule has 0 amide bonds. The maximum absolute atomic E-state index is 12.4. The number of H-pyrrole nitrogens is 2. The molecular weight excluding hydrogens is 687 g/mol. The van der Waals surface area contributed by atoms with Gasteiger partial charge in [-0.25, -0.2) is 9.59 Å². The predicted octanol–water partition coefficient (Wildman–Crippen LogP) is 6.28. The molecule has 0 aliphatic rings. The number of aryl methyl sites for hydroxylation is 5. The van der Waals surface area contributed by atoms with Gasteiger partial charge in [0.05, 0.1) is 5.69 Å². The minimum atomic E-state index is -0.421. The van der Waals surface area contributed by atoms with Crippen molar-refractivity contribution in [2.24, 2.45) is 0 Å². The molecule has 3 aromatic heterocycles. The molecule has 0 spiro atoms. The van der Waals surface area contributed by atoms with Gasteiger partial charge in [0, 0.05) is 59.9 Å². The summed E-state index contributed by atoms with van der Waals surface area (Å²) in [6, 6.07) is 16.7. The van der Waals surface area contributed by atoms with E-state index in [-0.39, 0.29) is 16.8 Å². The molecule has 0 radical (unpaired) electrons. The van der Waals surface area contributed by atoms with E-state index in [9.17, 15) is 19.2 Å². The minimum absolute atomic E-state index is 0.282. The SMILES string of the molecule is CCSCCn1c(=O)cc(Nc2ccc(C)c(CC)c2)[nH]c1=O.CCc1cc(Nc2cc(=O)n(CCSCc3cc(C)on3)c(=O)[nH]2)ccc1C. The molecule has 0 aliphatic carbocycles. The van der Waals surface area contributed by atoms with Crippen LogP contribution in [-0.2, 0) is 31.7 Å². The molecule has 12 nitrogen and oxygen atoms in total. The van der Waals surface area contributed by atoms with E-state index in [1.165, 1.54) is 43.5 Å². The number of aromatic nitrogens is 5. The van der Waals surface area contributed by atoms with Crippen molar-refractivity contribution in [2.45, 2.75) is 73.2 Å². The first kappa shape index (κ1) is 39.1. The van der Waals surface area contributed by atoms with Crippen LogP contribution in [0.2, 0.25) is 0 Å². The van der Waals surface area contributed by atoms with Crippen LogP contribution in [0.1, 0.15) is 54.5 Å². The Balaban J connectivity index is 0.000000233. The number of nitrogens with zero attached hydrogens (tertiary/aromatic N) is 3. The summed E-state index contributed by atoms with van der Waals surface area (Å²) in [6.45, 7) is 13.0. The highest BCUT2D eigenvalue weighted by atomic mass is 32.2. The first-order valence-corrected chi connectivity index (χ1v) is 19.3. The Bertz CT molecular complexity index is 2090. The number of hydrogen-bond acceptors (Lipinski definition) is 10. The molecule has 0 aliphatic heterocycles. The van der Waals surface area contributed by atoms with Gasteiger partial charge in [-0.3, -0.25) is 28.7 Å². The van der Waals surface area contributed by atoms with Crippen molar-refractivity contribution < 1.29 is 4.52 Å². The quantitative estimate of drug-likeness (QED) is 0.0902. The van der Waals surface area contributed by atoms with Crippen molar-refractivity contribution in [1.82, 2.24) is 24.3 Å². The van der Waals surface area contributed by atoms with Crippen molar-refractivity contribution >= 4 is 46.5 Å². The lowest BCUT2D eigenvalue weighted by molar-refractivity contribution is 0.393. The average Bonchev–Trinajstić information content (AvgIpc) is 3.52. The van der Waals surface area contributed by atoms with Crippen molar-refractivity contribution in [3.05, 3.63) is 130 Å². The van der Waals surface area contributed by atoms with Crippen LogP contribution >= 0.6 is 23.5 Å². The van der Waals surface area contributed by atoms with Crippen molar-refractivity contribution in [3.63, 3.8) is 0 Å². The molecule has 0 atom stereocenters. The molecule has 0 saturated heterocycles. The first-order valence-electron chi connectivity index (χ1n) is 17.0. The highest BCUT2D eigenvalue weighted by Crippen LogP contribution is 2.20. The van der Waals surface area contributed by atoms with Gasteiger partial charge in [-0.1, -0.05) is 38.1 Å². The van der Waals surface area contributed by atoms with Crippen LogP contribution in [-0.4, -0.2) is 41.5 Å². The Morgan fingerprint density at radius 3 is 1.59 bits per heavy atom. The number of aromatic amines is 2. The summed E-state index contributed by atoms with van der Waals surface area (Å²) < 4.78 is 7.46. The molecule has 0 bridgehead atoms. The van der Waals surface area contributed by atoms with E-state index in [1.807, 2.05) is 49.4 Å². The molecule has 51 heavy (non-hydrogen) atoms. The van der Waals surface area contributed by atoms with Gasteiger partial charge in [-0.2, -0.15) is 23.5 Å². The number of nitrogens with one attached hydrogen (secondary N) is 4. The highest BCUT2D eigenvalue weighted by Gasteiger charge is 2.08. The summed E-state index contributed by atoms with van der Waals surface area (Å²) >= 11 is 3.30. The lowest BCUT2D eigenvalue weighted by atomic mass is 10.1. The molecule has 0 fully saturated rings. The Hall–Kier alpha value is -4.69. The summed E-state index contributed by atoms with van der Waals surface area (Å²) in [6.07, 6.45) is 1.86. The van der Waals surface area contributed by atoms with Gasteiger partial charge in [0.2, 0.25) is 0 Å². The van der Waals surface area contributed by atoms with Crippen LogP contribution in [0.25, 0.3) is 0 Å². The second-order valence-electron chi connectivity index (χ2n) is 11.9. The van der Waals surface area contributed by atoms with Crippen molar-refractivity contribution in [2.75, 3.05) is 27.9 Å². The monoisotopic (exact) mass is 733 g/mol. The van der Waals surface area contributed by atoms with E-state index in [4.69, 9.17) is 4.52 Å². The van der Waals surface area contributed by atoms with Crippen molar-refractivity contribution in [1.29, 1.82) is 0 Å². The fourth-order valence-electron chi connectivity index (χ4n) is 5.29. The van der Waals surface area contributed by atoms with Gasteiger partial charge < -0.3 is 15.2 Å². The molecule has 272 valence electrons. The van der Waals surface area contributed by atoms with E-state index in [1.54, 1.807) is 23.5 Å². The molecule has 2 aromatic carbocycles. The zero-order chi connectivity index (χ0) is 36.9. The third-order valence-corrected chi connectivity index (χ3v) is 9.96. The van der Waals surface area contributed by atoms with Gasteiger partial charge in [0.15, 0.2) is 0 Å². The fourth-order valence-corrected chi connectivity index (χ4v) is 6.69. The van der Waals surface area contributed by atoms with Gasteiger partial charge in [0.1, 0.15) is 17.4 Å². The van der Waals surface area contributed by atoms with Gasteiger partial charge in [0.25, 0.3) is 11.1 Å². The maximum atomic E-state index is 12.4. The largest absolute Gasteiger partial charge is 0.361 e. The summed E-state index contributed by atoms with van der Waals surface area (Å²) in [5.41, 5.74) is 6.06. The van der Waals surface area contributed by atoms with Gasteiger partial charge in [-0.15, -0.1) is 0 Å². The fraction of sp³-hybridized carbons (Fsp3) is 0.378. The zero-order valence-corrected chi connectivity index (χ0v) is 31.7. The van der Waals surface area contributed by atoms with Crippen LogP contribution in [0.5, 0.6) is 0 Å². The van der Waals surface area contributed by atoms with E-state index < -0.39 is 5.69 Å². The number of benzene rings is 2. The zero-order valence-electron chi connectivity index (χ0n) is 30.1. The molecule has 0 unspecified atom stereocenters. The normalized spacial score (nSPS) is 10.9. The topological polar surface area (TPSA) is 160 Å². The van der Waals surface area contributed by atoms with Crippen LogP contribution in [0.3, 0.4) is 0 Å². The standard InChI is InChI=1S/C20H24N4O3S.C17H23N3O2S/c1-4-15-10-16(6-5-13(15)2)21-18-11-19(25)24(20(26)22-18)7-8-28-12-17-9-14(3)27-23-17;1-4-13-10-14(7-6-12(13)3)18-15-11-16(21)20(17(22)19-15)8-9-23-5-2/h5-6,9-11,21H,4,7-8,12H2,1-3H3,(H,22,26);6-7,10-11,18H,4-5,8-9H2,1-3H3,(H,19,22). The van der Waals surface area contributed by atoms with Gasteiger partial charge >= 0.3 is 11.4 Å². The number of rotatable bonds is 15. The Morgan fingerprint density at radius 1 is 0.686 bits per heavy atom. The molecule has 5 rings (SSSR count). The van der Waals surface area contributed by atoms with Crippen LogP contribution in [0, 0.1) is 20.8 Å².